The highest BCUT2D eigenvalue weighted by molar-refractivity contribution is 5.66. The molecule has 4 aliphatic carbocycles. The molecule has 5 nitrogen and oxygen atoms in total. The molecule has 0 aromatic heterocycles. The Morgan fingerprint density at radius 2 is 1.74 bits per heavy atom. The van der Waals surface area contributed by atoms with Gasteiger partial charge < -0.3 is 19.7 Å². The van der Waals surface area contributed by atoms with E-state index in [2.05, 4.69) is 40.7 Å². The Hall–Kier alpha value is -0.910. The molecule has 5 rings (SSSR count). The van der Waals surface area contributed by atoms with Gasteiger partial charge in [0.25, 0.3) is 0 Å². The minimum absolute atomic E-state index is 0.0729. The Kier molecular flexibility index (Phi) is 5.68. The summed E-state index contributed by atoms with van der Waals surface area (Å²) in [6, 6.07) is 0. The third kappa shape index (κ3) is 2.99. The fourth-order valence-corrected chi connectivity index (χ4v) is 10.5. The minimum atomic E-state index is -0.854. The van der Waals surface area contributed by atoms with Gasteiger partial charge in [0.1, 0.15) is 6.10 Å². The maximum Gasteiger partial charge on any atom is 0.302 e. The third-order valence-electron chi connectivity index (χ3n) is 12.4. The minimum Gasteiger partial charge on any atom is -0.462 e. The van der Waals surface area contributed by atoms with Gasteiger partial charge in [0.05, 0.1) is 12.2 Å². The van der Waals surface area contributed by atoms with Crippen molar-refractivity contribution in [1.29, 1.82) is 0 Å². The summed E-state index contributed by atoms with van der Waals surface area (Å²) in [6.07, 6.45) is 7.78. The summed E-state index contributed by atoms with van der Waals surface area (Å²) in [6.45, 7) is 15.3. The van der Waals surface area contributed by atoms with Crippen LogP contribution < -0.4 is 0 Å². The molecule has 34 heavy (non-hydrogen) atoms. The van der Waals surface area contributed by atoms with E-state index in [9.17, 15) is 15.0 Å². The van der Waals surface area contributed by atoms with Gasteiger partial charge in [0.15, 0.2) is 6.29 Å². The van der Waals surface area contributed by atoms with Crippen molar-refractivity contribution in [3.05, 3.63) is 11.6 Å². The van der Waals surface area contributed by atoms with Crippen LogP contribution in [0, 0.1) is 45.3 Å². The average molecular weight is 475 g/mol. The first-order valence-corrected chi connectivity index (χ1v) is 13.7. The van der Waals surface area contributed by atoms with Crippen LogP contribution in [0.25, 0.3) is 0 Å². The van der Waals surface area contributed by atoms with Gasteiger partial charge in [-0.3, -0.25) is 4.79 Å². The first kappa shape index (κ1) is 24.8. The van der Waals surface area contributed by atoms with Crippen LogP contribution >= 0.6 is 0 Å². The van der Waals surface area contributed by atoms with Crippen molar-refractivity contribution >= 4 is 5.97 Å². The van der Waals surface area contributed by atoms with Crippen LogP contribution in [0.15, 0.2) is 11.6 Å². The van der Waals surface area contributed by atoms with Crippen molar-refractivity contribution in [1.82, 2.24) is 0 Å². The lowest BCUT2D eigenvalue weighted by molar-refractivity contribution is -0.262. The molecule has 0 unspecified atom stereocenters. The number of esters is 1. The molecule has 192 valence electrons. The molecule has 0 aromatic rings. The fraction of sp³-hybridized carbons (Fsp3) is 0.897. The molecule has 5 heteroatoms. The summed E-state index contributed by atoms with van der Waals surface area (Å²) >= 11 is 0. The molecule has 1 heterocycles. The second-order valence-electron chi connectivity index (χ2n) is 13.4. The summed E-state index contributed by atoms with van der Waals surface area (Å²) in [4.78, 5) is 12.4. The van der Waals surface area contributed by atoms with Crippen LogP contribution in [0.1, 0.15) is 93.4 Å². The van der Waals surface area contributed by atoms with Crippen LogP contribution in [0.2, 0.25) is 0 Å². The Bertz CT molecular complexity index is 884. The maximum absolute atomic E-state index is 12.4. The predicted octanol–water partition coefficient (Wildman–Crippen LogP) is 5.24. The quantitative estimate of drug-likeness (QED) is 0.423. The number of fused-ring (bicyclic) bond motifs is 7. The summed E-state index contributed by atoms with van der Waals surface area (Å²) in [5.74, 6) is 0.803. The molecule has 2 N–H and O–H groups in total. The number of hydrogen-bond acceptors (Lipinski definition) is 5. The number of allylic oxidation sites excluding steroid dienone is 1. The number of carbonyl (C=O) groups is 1. The van der Waals surface area contributed by atoms with Crippen molar-refractivity contribution in [3.63, 3.8) is 0 Å². The molecule has 5 aliphatic rings. The van der Waals surface area contributed by atoms with Gasteiger partial charge in [0.2, 0.25) is 0 Å². The Labute approximate surface area is 205 Å². The van der Waals surface area contributed by atoms with Gasteiger partial charge in [-0.25, -0.2) is 0 Å². The van der Waals surface area contributed by atoms with E-state index in [1.165, 1.54) is 12.5 Å². The molecular formula is C29H46O5. The topological polar surface area (TPSA) is 76.0 Å². The molecule has 3 saturated carbocycles. The molecule has 12 atom stereocenters. The number of rotatable bonds is 2. The zero-order valence-corrected chi connectivity index (χ0v) is 22.3. The van der Waals surface area contributed by atoms with E-state index in [1.807, 2.05) is 6.92 Å². The summed E-state index contributed by atoms with van der Waals surface area (Å²) in [5.41, 5.74) is 0.928. The highest BCUT2D eigenvalue weighted by Crippen LogP contribution is 2.74. The summed E-state index contributed by atoms with van der Waals surface area (Å²) < 4.78 is 12.1. The van der Waals surface area contributed by atoms with Gasteiger partial charge in [0, 0.05) is 18.3 Å². The molecule has 0 radical (unpaired) electrons. The van der Waals surface area contributed by atoms with Gasteiger partial charge in [-0.15, -0.1) is 0 Å². The fourth-order valence-electron chi connectivity index (χ4n) is 10.5. The van der Waals surface area contributed by atoms with Gasteiger partial charge >= 0.3 is 5.97 Å². The third-order valence-corrected chi connectivity index (χ3v) is 12.4. The molecule has 1 aliphatic heterocycles. The van der Waals surface area contributed by atoms with Gasteiger partial charge in [-0.05, 0) is 91.4 Å². The zero-order chi connectivity index (χ0) is 24.8. The summed E-state index contributed by atoms with van der Waals surface area (Å²) in [7, 11) is 0. The highest BCUT2D eigenvalue weighted by atomic mass is 16.6. The van der Waals surface area contributed by atoms with E-state index < -0.39 is 6.29 Å². The first-order valence-electron chi connectivity index (χ1n) is 13.7. The smallest absolute Gasteiger partial charge is 0.302 e. The molecule has 0 bridgehead atoms. The maximum atomic E-state index is 12.4. The van der Waals surface area contributed by atoms with Gasteiger partial charge in [-0.2, -0.15) is 0 Å². The standard InChI is InChI=1S/C29H46O5/c1-8-26(4)19-11-13-28(6)20-10-9-18-16(2)33-25(32)24(18)29(20,7)23(34-17(3)30)15-21(28)27(19,5)14-12-22(26)31/h9,16,19-25,31-32H,8,10-15H2,1-7H3/t16-,19-,20-,21+,22-,23-,24+,25+,26+,27-,28-,29+/m0/s1. The second-order valence-corrected chi connectivity index (χ2v) is 13.4. The van der Waals surface area contributed by atoms with Crippen molar-refractivity contribution in [3.8, 4) is 0 Å². The van der Waals surface area contributed by atoms with Crippen LogP contribution in [-0.4, -0.2) is 40.8 Å². The van der Waals surface area contributed by atoms with Crippen molar-refractivity contribution < 1.29 is 24.5 Å². The van der Waals surface area contributed by atoms with E-state index in [-0.39, 0.29) is 51.9 Å². The molecular weight excluding hydrogens is 428 g/mol. The lowest BCUT2D eigenvalue weighted by Crippen LogP contribution is -2.68. The van der Waals surface area contributed by atoms with Crippen LogP contribution in [0.4, 0.5) is 0 Å². The lowest BCUT2D eigenvalue weighted by Gasteiger charge is -2.71. The van der Waals surface area contributed by atoms with Crippen molar-refractivity contribution in [2.24, 2.45) is 45.3 Å². The van der Waals surface area contributed by atoms with E-state index in [4.69, 9.17) is 9.47 Å². The molecule has 4 fully saturated rings. The largest absolute Gasteiger partial charge is 0.462 e. The van der Waals surface area contributed by atoms with E-state index in [1.54, 1.807) is 0 Å². The Balaban J connectivity index is 1.62. The van der Waals surface area contributed by atoms with E-state index in [0.29, 0.717) is 17.8 Å². The monoisotopic (exact) mass is 474 g/mol. The number of ether oxygens (including phenoxy) is 2. The molecule has 0 spiro atoms. The first-order chi connectivity index (χ1) is 15.8. The van der Waals surface area contributed by atoms with E-state index >= 15 is 0 Å². The highest BCUT2D eigenvalue weighted by Gasteiger charge is 2.71. The van der Waals surface area contributed by atoms with Crippen molar-refractivity contribution in [2.75, 3.05) is 0 Å². The van der Waals surface area contributed by atoms with Crippen LogP contribution in [0.3, 0.4) is 0 Å². The number of hydrogen-bond donors (Lipinski definition) is 2. The number of aliphatic hydroxyl groups excluding tert-OH is 2. The SMILES string of the molecule is CC[C@]1(C)[C@@H]2CC[C@]3(C)[C@H](C[C@H](OC(C)=O)[C@]4(C)[C@@H]5C(=CC[C@@H]34)[C@H](C)O[C@H]5O)[C@@]2(C)CC[C@@H]1O. The van der Waals surface area contributed by atoms with E-state index in [0.717, 1.165) is 44.9 Å². The number of carbonyl (C=O) groups excluding carboxylic acids is 1. The number of aliphatic hydroxyl groups is 2. The normalized spacial score (nSPS) is 56.4. The lowest BCUT2D eigenvalue weighted by atomic mass is 9.34. The van der Waals surface area contributed by atoms with Crippen LogP contribution in [-0.2, 0) is 14.3 Å². The average Bonchev–Trinajstić information content (AvgIpc) is 3.06. The van der Waals surface area contributed by atoms with Crippen LogP contribution in [0.5, 0.6) is 0 Å². The van der Waals surface area contributed by atoms with Crippen molar-refractivity contribution in [2.45, 2.75) is 118 Å². The Morgan fingerprint density at radius 3 is 2.38 bits per heavy atom. The molecule has 0 amide bonds. The summed E-state index contributed by atoms with van der Waals surface area (Å²) in [5, 5.41) is 22.1. The Morgan fingerprint density at radius 1 is 1.09 bits per heavy atom. The molecule has 0 aromatic carbocycles. The predicted molar refractivity (Wildman–Crippen MR) is 131 cm³/mol. The van der Waals surface area contributed by atoms with Gasteiger partial charge in [-0.1, -0.05) is 40.7 Å². The molecule has 1 saturated heterocycles. The zero-order valence-electron chi connectivity index (χ0n) is 22.3. The second kappa shape index (κ2) is 7.79.